The second-order valence-corrected chi connectivity index (χ2v) is 23.8. The number of aliphatic hydroxyl groups excluding tert-OH is 3. The molecule has 3 fully saturated rings. The maximum Gasteiger partial charge on any atom is 0.329 e. The number of Topliss-reactive ketones (excluding diaryl/α,β-unsaturated/α-hetero) is 2. The van der Waals surface area contributed by atoms with Crippen LogP contribution < -0.4 is 0 Å². The number of carbonyl (C=O) groups is 4. The Kier molecular flexibility index (Phi) is 28.9. The third-order valence-corrected chi connectivity index (χ3v) is 17.0. The Morgan fingerprint density at radius 1 is 0.850 bits per heavy atom. The van der Waals surface area contributed by atoms with Gasteiger partial charge < -0.3 is 63.3 Å². The zero-order chi connectivity index (χ0) is 59.3. The molecule has 456 valence electrons. The van der Waals surface area contributed by atoms with E-state index in [9.17, 15) is 39.6 Å². The second kappa shape index (κ2) is 33.6. The first kappa shape index (κ1) is 68.8. The highest BCUT2D eigenvalue weighted by molar-refractivity contribution is 6.39. The van der Waals surface area contributed by atoms with Crippen molar-refractivity contribution in [3.8, 4) is 0 Å². The summed E-state index contributed by atoms with van der Waals surface area (Å²) in [4.78, 5) is 64.3. The number of ketones is 2. The van der Waals surface area contributed by atoms with Crippen LogP contribution >= 0.6 is 0 Å². The fraction of sp³-hybridized carbons (Fsp3) is 0.790. The van der Waals surface area contributed by atoms with Gasteiger partial charge in [-0.25, -0.2) is 4.79 Å². The summed E-state index contributed by atoms with van der Waals surface area (Å²) in [6.07, 6.45) is 11.5. The van der Waals surface area contributed by atoms with Crippen LogP contribution in [0.1, 0.15) is 159 Å². The van der Waals surface area contributed by atoms with Gasteiger partial charge in [-0.05, 0) is 134 Å². The predicted molar refractivity (Wildman–Crippen MR) is 305 cm³/mol. The summed E-state index contributed by atoms with van der Waals surface area (Å²) >= 11 is 0. The molecule has 1 aliphatic carbocycles. The highest BCUT2D eigenvalue weighted by Crippen LogP contribution is 2.38. The Hall–Kier alpha value is -3.69. The van der Waals surface area contributed by atoms with E-state index in [0.717, 1.165) is 12.0 Å². The van der Waals surface area contributed by atoms with Crippen LogP contribution in [0.2, 0.25) is 0 Å². The Morgan fingerprint density at radius 2 is 1.57 bits per heavy atom. The Balaban J connectivity index is 1.75. The molecule has 1 saturated carbocycles. The summed E-state index contributed by atoms with van der Waals surface area (Å²) in [6.45, 7) is 20.4. The number of fused-ring (bicyclic) bond motifs is 3. The number of ether oxygens (including phenoxy) is 7. The lowest BCUT2D eigenvalue weighted by Gasteiger charge is -2.43. The number of nitrogens with zero attached hydrogens (tertiary/aromatic N) is 2. The van der Waals surface area contributed by atoms with Gasteiger partial charge in [0, 0.05) is 78.1 Å². The van der Waals surface area contributed by atoms with E-state index >= 15 is 0 Å². The van der Waals surface area contributed by atoms with Crippen molar-refractivity contribution in [3.05, 3.63) is 47.6 Å². The minimum atomic E-state index is -2.44. The maximum atomic E-state index is 14.6. The lowest BCUT2D eigenvalue weighted by atomic mass is 9.78. The summed E-state index contributed by atoms with van der Waals surface area (Å²) in [6, 6.07) is -1.14. The second-order valence-electron chi connectivity index (χ2n) is 23.8. The number of amides is 1. The minimum Gasteiger partial charge on any atom is -0.460 e. The molecule has 0 radical (unpaired) electrons. The average Bonchev–Trinajstić information content (AvgIpc) is 3.57. The van der Waals surface area contributed by atoms with Gasteiger partial charge in [0.15, 0.2) is 11.4 Å². The quantitative estimate of drug-likeness (QED) is 0.0355. The largest absolute Gasteiger partial charge is 0.460 e. The molecule has 3 heterocycles. The molecule has 0 spiro atoms. The molecule has 4 N–H and O–H groups in total. The van der Waals surface area contributed by atoms with Crippen LogP contribution in [0.25, 0.3) is 0 Å². The number of hydrogen-bond donors (Lipinski definition) is 4. The molecule has 4 aliphatic rings. The number of hydrogen-bond acceptors (Lipinski definition) is 17. The fourth-order valence-electron chi connectivity index (χ4n) is 11.6. The van der Waals surface area contributed by atoms with E-state index in [1.165, 1.54) is 12.0 Å². The SMILES string of the molecule is CCOCCOCCCC(=O)C(C)(C)ON=C1[C@H](C)C[C@H](C)/C=C/C=C/C=C(\C)[C@@H](OC)C[C@@H]2CC[C@@H](C)[C@@](O)(O2)C(=O)C(=O)N2CCCC[C@H]2C(=O)O[C@H]([C@H](C)C[C@@H]2CC[C@@H](O)[C@H](OC)C2)C[C@@H](O)[C@H](C)/C=C(\C)[C@@H](O)[C@H]1OC. The van der Waals surface area contributed by atoms with Crippen molar-refractivity contribution < 1.29 is 77.6 Å². The first-order valence-electron chi connectivity index (χ1n) is 29.7. The summed E-state index contributed by atoms with van der Waals surface area (Å²) < 4.78 is 41.2. The van der Waals surface area contributed by atoms with Gasteiger partial charge in [-0.1, -0.05) is 76.2 Å². The third-order valence-electron chi connectivity index (χ3n) is 17.0. The van der Waals surface area contributed by atoms with Crippen molar-refractivity contribution in [1.82, 2.24) is 4.90 Å². The van der Waals surface area contributed by atoms with Crippen LogP contribution in [0, 0.1) is 35.5 Å². The van der Waals surface area contributed by atoms with Crippen LogP contribution in [-0.4, -0.2) is 175 Å². The lowest BCUT2D eigenvalue weighted by Crippen LogP contribution is -2.61. The van der Waals surface area contributed by atoms with E-state index in [1.54, 1.807) is 48.0 Å². The molecule has 4 rings (SSSR count). The zero-order valence-corrected chi connectivity index (χ0v) is 50.6. The smallest absolute Gasteiger partial charge is 0.329 e. The number of allylic oxidation sites excluding steroid dienone is 5. The highest BCUT2D eigenvalue weighted by Gasteiger charge is 2.53. The molecule has 2 saturated heterocycles. The molecular formula is C62H102N2O16. The standard InChI is InChI=1S/C62H102N2O16/c1-14-76-31-32-77-30-20-24-54(67)61(9,10)80-63-55-43(6)33-39(2)21-16-15-17-22-40(3)51(73-11)37-47-27-25-45(8)62(72,79-47)58(69)59(70)64-29-19-18-23-48(64)60(71)78-52(42(5)35-46-26-28-49(65)53(36-46)74-12)38-50(66)41(4)34-44(7)56(68)57(55)75-13/h15-17,21-22,34,39,41-43,45-53,56-57,65-66,68,72H,14,18-20,23-33,35-38H2,1-13H3/b17-15+,21-16+,40-22+,44-34+,63-55?/t39-,41-,42-,43-,45-,46+,47+,48+,49-,50-,51+,52+,53-,56-,57+,62-/m1/s1. The van der Waals surface area contributed by atoms with Crippen molar-refractivity contribution in [2.24, 2.45) is 40.7 Å². The zero-order valence-electron chi connectivity index (χ0n) is 50.6. The molecule has 0 aromatic rings. The third kappa shape index (κ3) is 20.0. The van der Waals surface area contributed by atoms with E-state index in [1.807, 2.05) is 58.9 Å². The molecule has 2 bridgehead atoms. The lowest BCUT2D eigenvalue weighted by molar-refractivity contribution is -0.265. The Morgan fingerprint density at radius 3 is 2.26 bits per heavy atom. The summed E-state index contributed by atoms with van der Waals surface area (Å²) in [5.74, 6) is -7.30. The molecular weight excluding hydrogens is 1030 g/mol. The molecule has 0 aromatic carbocycles. The molecule has 18 heteroatoms. The van der Waals surface area contributed by atoms with Crippen molar-refractivity contribution in [2.75, 3.05) is 54.3 Å². The number of oxime groups is 1. The summed E-state index contributed by atoms with van der Waals surface area (Å²) in [5.41, 5.74) is 0.418. The molecule has 1 amide bonds. The van der Waals surface area contributed by atoms with Crippen LogP contribution in [0.3, 0.4) is 0 Å². The normalized spacial score (nSPS) is 36.6. The fourth-order valence-corrected chi connectivity index (χ4v) is 11.6. The maximum absolute atomic E-state index is 14.6. The van der Waals surface area contributed by atoms with Gasteiger partial charge in [-0.2, -0.15) is 0 Å². The van der Waals surface area contributed by atoms with Gasteiger partial charge in [0.25, 0.3) is 11.7 Å². The number of carbonyl (C=O) groups excluding carboxylic acids is 4. The molecule has 3 aliphatic heterocycles. The first-order chi connectivity index (χ1) is 37.9. The van der Waals surface area contributed by atoms with Crippen LogP contribution in [0.4, 0.5) is 0 Å². The van der Waals surface area contributed by atoms with E-state index in [0.29, 0.717) is 102 Å². The molecule has 16 atom stereocenters. The monoisotopic (exact) mass is 1130 g/mol. The number of aliphatic hydroxyl groups is 4. The number of piperidine rings is 1. The minimum absolute atomic E-state index is 0.00185. The van der Waals surface area contributed by atoms with Gasteiger partial charge in [-0.15, -0.1) is 0 Å². The number of rotatable bonds is 17. The molecule has 18 nitrogen and oxygen atoms in total. The predicted octanol–water partition coefficient (Wildman–Crippen LogP) is 7.96. The van der Waals surface area contributed by atoms with Crippen molar-refractivity contribution in [2.45, 2.75) is 225 Å². The molecule has 0 aromatic heterocycles. The topological polar surface area (TPSA) is 239 Å². The van der Waals surface area contributed by atoms with Gasteiger partial charge in [0.05, 0.1) is 49.4 Å². The number of cyclic esters (lactones) is 1. The van der Waals surface area contributed by atoms with E-state index < -0.39 is 89.7 Å². The van der Waals surface area contributed by atoms with Crippen LogP contribution in [0.15, 0.2) is 52.8 Å². The van der Waals surface area contributed by atoms with Crippen molar-refractivity contribution in [3.63, 3.8) is 0 Å². The van der Waals surface area contributed by atoms with Gasteiger partial charge in [0.1, 0.15) is 24.4 Å². The number of methoxy groups -OCH3 is 3. The Bertz CT molecular complexity index is 2110. The van der Waals surface area contributed by atoms with Crippen LogP contribution in [0.5, 0.6) is 0 Å². The average molecular weight is 1130 g/mol. The van der Waals surface area contributed by atoms with E-state index in [-0.39, 0.29) is 61.4 Å². The number of esters is 1. The molecule has 80 heavy (non-hydrogen) atoms. The van der Waals surface area contributed by atoms with Gasteiger partial charge in [0.2, 0.25) is 5.79 Å². The van der Waals surface area contributed by atoms with E-state index in [4.69, 9.17) is 38.0 Å². The molecule has 0 unspecified atom stereocenters. The van der Waals surface area contributed by atoms with Crippen LogP contribution in [-0.2, 0) is 57.2 Å². The van der Waals surface area contributed by atoms with Crippen molar-refractivity contribution >= 4 is 29.2 Å². The van der Waals surface area contributed by atoms with E-state index in [2.05, 4.69) is 18.2 Å². The van der Waals surface area contributed by atoms with Crippen molar-refractivity contribution in [1.29, 1.82) is 0 Å². The highest BCUT2D eigenvalue weighted by atomic mass is 16.7. The summed E-state index contributed by atoms with van der Waals surface area (Å²) in [7, 11) is 4.64. The first-order valence-corrected chi connectivity index (χ1v) is 29.7. The summed E-state index contributed by atoms with van der Waals surface area (Å²) in [5, 5.41) is 51.6. The van der Waals surface area contributed by atoms with Gasteiger partial charge >= 0.3 is 5.97 Å². The van der Waals surface area contributed by atoms with Gasteiger partial charge in [-0.3, -0.25) is 14.4 Å². The Labute approximate surface area is 478 Å².